The first kappa shape index (κ1) is 13.7. The molecular formula is C17H18N4S. The van der Waals surface area contributed by atoms with Gasteiger partial charge in [-0.05, 0) is 31.4 Å². The van der Waals surface area contributed by atoms with E-state index >= 15 is 0 Å². The summed E-state index contributed by atoms with van der Waals surface area (Å²) >= 11 is 1.85. The molecule has 1 aliphatic rings. The van der Waals surface area contributed by atoms with Gasteiger partial charge in [0.2, 0.25) is 0 Å². The number of aromatic nitrogens is 3. The summed E-state index contributed by atoms with van der Waals surface area (Å²) < 4.78 is 2.21. The summed E-state index contributed by atoms with van der Waals surface area (Å²) in [4.78, 5) is 1.39. The second-order valence-corrected chi connectivity index (χ2v) is 6.89. The Morgan fingerprint density at radius 3 is 2.77 bits per heavy atom. The highest BCUT2D eigenvalue weighted by Crippen LogP contribution is 2.35. The number of rotatable bonds is 2. The van der Waals surface area contributed by atoms with Crippen molar-refractivity contribution in [2.75, 3.05) is 0 Å². The van der Waals surface area contributed by atoms with Gasteiger partial charge in [0.25, 0.3) is 0 Å². The first-order valence-corrected chi connectivity index (χ1v) is 8.32. The lowest BCUT2D eigenvalue weighted by Gasteiger charge is -2.07. The molecule has 0 aliphatic carbocycles. The molecule has 0 amide bonds. The van der Waals surface area contributed by atoms with Gasteiger partial charge in [-0.3, -0.25) is 4.57 Å². The molecule has 0 radical (unpaired) electrons. The van der Waals surface area contributed by atoms with Crippen molar-refractivity contribution in [1.29, 1.82) is 0 Å². The van der Waals surface area contributed by atoms with Gasteiger partial charge >= 0.3 is 0 Å². The van der Waals surface area contributed by atoms with Crippen molar-refractivity contribution in [2.24, 2.45) is 0 Å². The third kappa shape index (κ3) is 2.17. The zero-order valence-corrected chi connectivity index (χ0v) is 13.6. The lowest BCUT2D eigenvalue weighted by Crippen LogP contribution is -2.12. The molecule has 0 bridgehead atoms. The van der Waals surface area contributed by atoms with Gasteiger partial charge < -0.3 is 5.32 Å². The molecule has 4 rings (SSSR count). The number of nitrogens with zero attached hydrogens (tertiary/aromatic N) is 3. The molecular weight excluding hydrogens is 292 g/mol. The smallest absolute Gasteiger partial charge is 0.152 e. The molecule has 0 fully saturated rings. The van der Waals surface area contributed by atoms with Gasteiger partial charge in [0.05, 0.1) is 6.54 Å². The number of nitrogens with one attached hydrogen (secondary N) is 1. The molecule has 0 saturated heterocycles. The standard InChI is InChI=1S/C17H18N4S/c1-11-14(8-13-6-4-3-5-7-13)15-9-18-10-16-20-19-12(2)21(16)17(15)22-11/h3-7,18H,8-10H2,1-2H3. The van der Waals surface area contributed by atoms with Gasteiger partial charge in [-0.15, -0.1) is 21.5 Å². The van der Waals surface area contributed by atoms with Crippen molar-refractivity contribution < 1.29 is 0 Å². The highest BCUT2D eigenvalue weighted by molar-refractivity contribution is 7.14. The summed E-state index contributed by atoms with van der Waals surface area (Å²) in [6.07, 6.45) is 0.983. The summed E-state index contributed by atoms with van der Waals surface area (Å²) in [5, 5.41) is 13.3. The minimum Gasteiger partial charge on any atom is -0.306 e. The van der Waals surface area contributed by atoms with Crippen LogP contribution in [0.4, 0.5) is 0 Å². The fourth-order valence-corrected chi connectivity index (χ4v) is 4.34. The first-order valence-electron chi connectivity index (χ1n) is 7.51. The van der Waals surface area contributed by atoms with Gasteiger partial charge in [-0.1, -0.05) is 30.3 Å². The highest BCUT2D eigenvalue weighted by atomic mass is 32.1. The van der Waals surface area contributed by atoms with Crippen LogP contribution in [0.25, 0.3) is 5.00 Å². The maximum atomic E-state index is 4.30. The zero-order chi connectivity index (χ0) is 15.1. The van der Waals surface area contributed by atoms with E-state index < -0.39 is 0 Å². The maximum Gasteiger partial charge on any atom is 0.152 e. The van der Waals surface area contributed by atoms with Gasteiger partial charge in [0.15, 0.2) is 5.82 Å². The Morgan fingerprint density at radius 2 is 1.95 bits per heavy atom. The number of hydrogen-bond donors (Lipinski definition) is 1. The molecule has 5 heteroatoms. The summed E-state index contributed by atoms with van der Waals surface area (Å²) in [6, 6.07) is 10.7. The van der Waals surface area contributed by atoms with Crippen LogP contribution in [0.5, 0.6) is 0 Å². The Morgan fingerprint density at radius 1 is 1.14 bits per heavy atom. The van der Waals surface area contributed by atoms with E-state index in [2.05, 4.69) is 57.3 Å². The fourth-order valence-electron chi connectivity index (χ4n) is 3.09. The van der Waals surface area contributed by atoms with Crippen molar-refractivity contribution in [1.82, 2.24) is 20.1 Å². The number of thiophene rings is 1. The van der Waals surface area contributed by atoms with Crippen LogP contribution in [0.1, 0.15) is 33.2 Å². The molecule has 4 nitrogen and oxygen atoms in total. The molecule has 22 heavy (non-hydrogen) atoms. The number of aryl methyl sites for hydroxylation is 2. The van der Waals surface area contributed by atoms with E-state index in [4.69, 9.17) is 0 Å². The van der Waals surface area contributed by atoms with Crippen LogP contribution in [0.15, 0.2) is 30.3 Å². The normalized spacial score (nSPS) is 13.5. The van der Waals surface area contributed by atoms with E-state index in [9.17, 15) is 0 Å². The Bertz CT molecular complexity index is 817. The van der Waals surface area contributed by atoms with Crippen molar-refractivity contribution in [3.8, 4) is 5.00 Å². The number of fused-ring (bicyclic) bond motifs is 3. The van der Waals surface area contributed by atoms with E-state index in [-0.39, 0.29) is 0 Å². The summed E-state index contributed by atoms with van der Waals surface area (Å²) in [5.41, 5.74) is 4.20. The number of benzene rings is 1. The molecule has 0 spiro atoms. The molecule has 2 aromatic heterocycles. The van der Waals surface area contributed by atoms with Crippen LogP contribution in [-0.2, 0) is 19.5 Å². The monoisotopic (exact) mass is 310 g/mol. The van der Waals surface area contributed by atoms with Crippen LogP contribution >= 0.6 is 11.3 Å². The Hall–Kier alpha value is -1.98. The largest absolute Gasteiger partial charge is 0.306 e. The molecule has 1 N–H and O–H groups in total. The molecule has 0 saturated carbocycles. The Labute approximate surface area is 133 Å². The van der Waals surface area contributed by atoms with Gasteiger partial charge in [0.1, 0.15) is 10.8 Å². The van der Waals surface area contributed by atoms with Crippen LogP contribution in [-0.4, -0.2) is 14.8 Å². The van der Waals surface area contributed by atoms with Crippen LogP contribution < -0.4 is 5.32 Å². The highest BCUT2D eigenvalue weighted by Gasteiger charge is 2.23. The average molecular weight is 310 g/mol. The fraction of sp³-hybridized carbons (Fsp3) is 0.294. The summed E-state index contributed by atoms with van der Waals surface area (Å²) in [6.45, 7) is 5.91. The lowest BCUT2D eigenvalue weighted by molar-refractivity contribution is 0.671. The topological polar surface area (TPSA) is 42.7 Å². The molecule has 1 aromatic carbocycles. The average Bonchev–Trinajstić information content (AvgIpc) is 2.96. The third-order valence-electron chi connectivity index (χ3n) is 4.20. The first-order chi connectivity index (χ1) is 10.7. The van der Waals surface area contributed by atoms with E-state index in [0.29, 0.717) is 0 Å². The van der Waals surface area contributed by atoms with E-state index in [1.54, 1.807) is 0 Å². The summed E-state index contributed by atoms with van der Waals surface area (Å²) in [7, 11) is 0. The molecule has 112 valence electrons. The van der Waals surface area contributed by atoms with Gasteiger partial charge in [0, 0.05) is 17.0 Å². The lowest BCUT2D eigenvalue weighted by atomic mass is 10.0. The minimum atomic E-state index is 0.770. The predicted molar refractivity (Wildman–Crippen MR) is 88.5 cm³/mol. The van der Waals surface area contributed by atoms with E-state index in [1.807, 2.05) is 18.3 Å². The van der Waals surface area contributed by atoms with Crippen molar-refractivity contribution in [3.05, 3.63) is 63.5 Å². The van der Waals surface area contributed by atoms with Crippen molar-refractivity contribution in [2.45, 2.75) is 33.4 Å². The van der Waals surface area contributed by atoms with Crippen molar-refractivity contribution >= 4 is 11.3 Å². The molecule has 0 unspecified atom stereocenters. The minimum absolute atomic E-state index is 0.770. The second kappa shape index (κ2) is 5.34. The SMILES string of the molecule is Cc1sc2c(c1Cc1ccccc1)CNCc1nnc(C)n1-2. The second-order valence-electron chi connectivity index (χ2n) is 5.69. The van der Waals surface area contributed by atoms with Crippen LogP contribution in [0, 0.1) is 13.8 Å². The quantitative estimate of drug-likeness (QED) is 0.791. The zero-order valence-electron chi connectivity index (χ0n) is 12.8. The van der Waals surface area contributed by atoms with Crippen LogP contribution in [0.2, 0.25) is 0 Å². The van der Waals surface area contributed by atoms with Crippen LogP contribution in [0.3, 0.4) is 0 Å². The van der Waals surface area contributed by atoms with Gasteiger partial charge in [-0.2, -0.15) is 0 Å². The Balaban J connectivity index is 1.84. The predicted octanol–water partition coefficient (Wildman–Crippen LogP) is 3.14. The van der Waals surface area contributed by atoms with E-state index in [1.165, 1.54) is 26.6 Å². The molecule has 3 aromatic rings. The number of hydrogen-bond acceptors (Lipinski definition) is 4. The molecule has 3 heterocycles. The van der Waals surface area contributed by atoms with E-state index in [0.717, 1.165) is 31.2 Å². The maximum absolute atomic E-state index is 4.30. The molecule has 1 aliphatic heterocycles. The van der Waals surface area contributed by atoms with Gasteiger partial charge in [-0.25, -0.2) is 0 Å². The van der Waals surface area contributed by atoms with Crippen molar-refractivity contribution in [3.63, 3.8) is 0 Å². The molecule has 0 atom stereocenters. The third-order valence-corrected chi connectivity index (χ3v) is 5.38. The Kier molecular flexibility index (Phi) is 3.32. The summed E-state index contributed by atoms with van der Waals surface area (Å²) in [5.74, 6) is 1.97.